The van der Waals surface area contributed by atoms with Crippen LogP contribution in [0, 0.1) is 17.8 Å². The van der Waals surface area contributed by atoms with Gasteiger partial charge < -0.3 is 25.4 Å². The summed E-state index contributed by atoms with van der Waals surface area (Å²) in [4.78, 5) is 35.0. The number of benzene rings is 1. The number of methoxy groups -OCH3 is 1. The van der Waals surface area contributed by atoms with Crippen molar-refractivity contribution in [3.05, 3.63) is 36.0 Å². The van der Waals surface area contributed by atoms with Gasteiger partial charge in [0.15, 0.2) is 5.82 Å². The van der Waals surface area contributed by atoms with Crippen LogP contribution in [0.5, 0.6) is 5.75 Å². The monoisotopic (exact) mass is 508 g/mol. The van der Waals surface area contributed by atoms with E-state index in [1.54, 1.807) is 55.1 Å². The Morgan fingerprint density at radius 2 is 1.86 bits per heavy atom. The van der Waals surface area contributed by atoms with Gasteiger partial charge in [-0.3, -0.25) is 9.69 Å². The van der Waals surface area contributed by atoms with Gasteiger partial charge in [0.05, 0.1) is 18.9 Å². The topological polar surface area (TPSA) is 118 Å². The molecule has 10 heteroatoms. The highest BCUT2D eigenvalue weighted by Crippen LogP contribution is 2.28. The van der Waals surface area contributed by atoms with E-state index in [9.17, 15) is 9.59 Å². The standard InChI is InChI=1S/C27H36N6O4/c1-17(33(6)26(35)37-27(2,3)4)24(34)31-21-14-18(15-21)8-9-19-16-29-25(28-5)32-23(19)30-20-10-12-22(36-7)13-11-20/h10-13,16-18,21H,14-15H2,1-7H3,(H,31,34)(H2,28,29,30,32)/t17-,18-,21+/m0/s1. The Labute approximate surface area is 218 Å². The Morgan fingerprint density at radius 1 is 1.19 bits per heavy atom. The fourth-order valence-electron chi connectivity index (χ4n) is 3.52. The summed E-state index contributed by atoms with van der Waals surface area (Å²) in [5, 5.41) is 9.23. The molecule has 1 atom stereocenters. The molecule has 3 N–H and O–H groups in total. The molecule has 0 spiro atoms. The highest BCUT2D eigenvalue weighted by Gasteiger charge is 2.32. The van der Waals surface area contributed by atoms with Gasteiger partial charge in [-0.15, -0.1) is 0 Å². The molecular weight excluding hydrogens is 472 g/mol. The molecule has 0 saturated heterocycles. The Morgan fingerprint density at radius 3 is 2.46 bits per heavy atom. The van der Waals surface area contributed by atoms with Gasteiger partial charge >= 0.3 is 6.09 Å². The molecule has 1 fully saturated rings. The van der Waals surface area contributed by atoms with E-state index in [1.807, 2.05) is 24.3 Å². The molecule has 1 aromatic heterocycles. The van der Waals surface area contributed by atoms with Crippen LogP contribution in [0.2, 0.25) is 0 Å². The second-order valence-corrected chi connectivity index (χ2v) is 9.97. The lowest BCUT2D eigenvalue weighted by Crippen LogP contribution is -2.52. The number of rotatable bonds is 7. The van der Waals surface area contributed by atoms with E-state index in [0.29, 0.717) is 17.3 Å². The number of nitrogens with zero attached hydrogens (tertiary/aromatic N) is 3. The van der Waals surface area contributed by atoms with Crippen LogP contribution in [0.25, 0.3) is 0 Å². The zero-order valence-corrected chi connectivity index (χ0v) is 22.5. The van der Waals surface area contributed by atoms with E-state index in [1.165, 1.54) is 4.90 Å². The van der Waals surface area contributed by atoms with Crippen LogP contribution >= 0.6 is 0 Å². The van der Waals surface area contributed by atoms with Crippen LogP contribution < -0.4 is 20.7 Å². The summed E-state index contributed by atoms with van der Waals surface area (Å²) >= 11 is 0. The molecule has 1 saturated carbocycles. The van der Waals surface area contributed by atoms with Crippen LogP contribution in [0.3, 0.4) is 0 Å². The fourth-order valence-corrected chi connectivity index (χ4v) is 3.52. The molecule has 1 aromatic carbocycles. The lowest BCUT2D eigenvalue weighted by Gasteiger charge is -2.34. The normalized spacial score (nSPS) is 17.3. The summed E-state index contributed by atoms with van der Waals surface area (Å²) < 4.78 is 10.6. The molecule has 0 aliphatic heterocycles. The average molecular weight is 509 g/mol. The Hall–Kier alpha value is -4.00. The number of amides is 2. The highest BCUT2D eigenvalue weighted by atomic mass is 16.6. The Balaban J connectivity index is 1.57. The highest BCUT2D eigenvalue weighted by molar-refractivity contribution is 5.85. The molecule has 2 amide bonds. The predicted octanol–water partition coefficient (Wildman–Crippen LogP) is 3.77. The number of carbonyl (C=O) groups excluding carboxylic acids is 2. The SMILES string of the molecule is CNc1ncc(C#C[C@H]2C[C@@H](NC(=O)[C@H](C)N(C)C(=O)OC(C)(C)C)C2)c(Nc2ccc(OC)cc2)n1. The van der Waals surface area contributed by atoms with Crippen molar-refractivity contribution < 1.29 is 19.1 Å². The van der Waals surface area contributed by atoms with Gasteiger partial charge in [0.2, 0.25) is 11.9 Å². The van der Waals surface area contributed by atoms with Crippen molar-refractivity contribution >= 4 is 29.5 Å². The number of hydrogen-bond acceptors (Lipinski definition) is 8. The maximum absolute atomic E-state index is 12.6. The molecule has 1 aliphatic carbocycles. The zero-order valence-electron chi connectivity index (χ0n) is 22.5. The van der Waals surface area contributed by atoms with Crippen LogP contribution in [0.1, 0.15) is 46.1 Å². The minimum Gasteiger partial charge on any atom is -0.497 e. The van der Waals surface area contributed by atoms with E-state index in [2.05, 4.69) is 37.8 Å². The number of carbonyl (C=O) groups is 2. The molecule has 0 unspecified atom stereocenters. The van der Waals surface area contributed by atoms with Gasteiger partial charge in [-0.05, 0) is 64.8 Å². The number of ether oxygens (including phenoxy) is 2. The van der Waals surface area contributed by atoms with Crippen molar-refractivity contribution in [3.63, 3.8) is 0 Å². The maximum atomic E-state index is 12.6. The van der Waals surface area contributed by atoms with Crippen LogP contribution in [-0.4, -0.2) is 65.8 Å². The molecule has 0 radical (unpaired) electrons. The second kappa shape index (κ2) is 11.8. The maximum Gasteiger partial charge on any atom is 0.410 e. The van der Waals surface area contributed by atoms with Crippen LogP contribution in [0.15, 0.2) is 30.5 Å². The van der Waals surface area contributed by atoms with Crippen LogP contribution in [0.4, 0.5) is 22.2 Å². The number of nitrogens with one attached hydrogen (secondary N) is 3. The third-order valence-corrected chi connectivity index (χ3v) is 5.90. The minimum absolute atomic E-state index is 0.0149. The quantitative estimate of drug-likeness (QED) is 0.484. The van der Waals surface area contributed by atoms with Crippen molar-refractivity contribution in [2.24, 2.45) is 5.92 Å². The largest absolute Gasteiger partial charge is 0.497 e. The first-order valence-electron chi connectivity index (χ1n) is 12.2. The van der Waals surface area contributed by atoms with Gasteiger partial charge in [-0.1, -0.05) is 11.8 Å². The minimum atomic E-state index is -0.644. The summed E-state index contributed by atoms with van der Waals surface area (Å²) in [6, 6.07) is 6.90. The Bertz CT molecular complexity index is 1160. The molecule has 10 nitrogen and oxygen atoms in total. The summed E-state index contributed by atoms with van der Waals surface area (Å²) in [5.41, 5.74) is 0.903. The first-order chi connectivity index (χ1) is 17.5. The molecule has 1 heterocycles. The first-order valence-corrected chi connectivity index (χ1v) is 12.2. The van der Waals surface area contributed by atoms with Gasteiger partial charge in [0.25, 0.3) is 0 Å². The lowest BCUT2D eigenvalue weighted by molar-refractivity contribution is -0.126. The van der Waals surface area contributed by atoms with E-state index in [-0.39, 0.29) is 17.9 Å². The van der Waals surface area contributed by atoms with E-state index in [0.717, 1.165) is 24.3 Å². The summed E-state index contributed by atoms with van der Waals surface area (Å²) in [7, 11) is 4.94. The van der Waals surface area contributed by atoms with Gasteiger partial charge in [0, 0.05) is 31.7 Å². The zero-order chi connectivity index (χ0) is 27.2. The number of anilines is 3. The van der Waals surface area contributed by atoms with Gasteiger partial charge in [0.1, 0.15) is 17.4 Å². The molecule has 2 aromatic rings. The number of hydrogen-bond donors (Lipinski definition) is 3. The Kier molecular flexibility index (Phi) is 8.81. The van der Waals surface area contributed by atoms with E-state index < -0.39 is 17.7 Å². The molecule has 37 heavy (non-hydrogen) atoms. The average Bonchev–Trinajstić information content (AvgIpc) is 2.84. The summed E-state index contributed by atoms with van der Waals surface area (Å²) in [6.07, 6.45) is 2.62. The van der Waals surface area contributed by atoms with Crippen molar-refractivity contribution in [3.8, 4) is 17.6 Å². The molecule has 3 rings (SSSR count). The number of likely N-dealkylation sites (N-methyl/N-ethyl adjacent to an activating group) is 1. The van der Waals surface area contributed by atoms with E-state index >= 15 is 0 Å². The summed E-state index contributed by atoms with van der Waals surface area (Å²) in [5.74, 6) is 8.23. The lowest BCUT2D eigenvalue weighted by atomic mass is 9.80. The van der Waals surface area contributed by atoms with Crippen LogP contribution in [-0.2, 0) is 9.53 Å². The molecule has 0 bridgehead atoms. The first kappa shape index (κ1) is 27.6. The fraction of sp³-hybridized carbons (Fsp3) is 0.481. The summed E-state index contributed by atoms with van der Waals surface area (Å²) in [6.45, 7) is 7.05. The van der Waals surface area contributed by atoms with Gasteiger partial charge in [-0.2, -0.15) is 4.98 Å². The third-order valence-electron chi connectivity index (χ3n) is 5.90. The van der Waals surface area contributed by atoms with Crippen molar-refractivity contribution in [1.29, 1.82) is 0 Å². The van der Waals surface area contributed by atoms with Gasteiger partial charge in [-0.25, -0.2) is 9.78 Å². The predicted molar refractivity (Wildman–Crippen MR) is 143 cm³/mol. The van der Waals surface area contributed by atoms with Crippen molar-refractivity contribution in [1.82, 2.24) is 20.2 Å². The van der Waals surface area contributed by atoms with E-state index in [4.69, 9.17) is 9.47 Å². The number of aromatic nitrogens is 2. The molecule has 198 valence electrons. The van der Waals surface area contributed by atoms with Crippen molar-refractivity contribution in [2.45, 2.75) is 58.2 Å². The molecular formula is C27H36N6O4. The third kappa shape index (κ3) is 7.74. The smallest absolute Gasteiger partial charge is 0.410 e. The second-order valence-electron chi connectivity index (χ2n) is 9.97. The molecule has 1 aliphatic rings. The van der Waals surface area contributed by atoms with Crippen molar-refractivity contribution in [2.75, 3.05) is 31.8 Å².